The van der Waals surface area contributed by atoms with Crippen LogP contribution in [0.25, 0.3) is 0 Å². The molecule has 4 heteroatoms. The first kappa shape index (κ1) is 13.6. The zero-order valence-corrected chi connectivity index (χ0v) is 11.8. The normalized spacial score (nSPS) is 22.0. The minimum Gasteiger partial charge on any atom is -0.364 e. The minimum atomic E-state index is -0.245. The summed E-state index contributed by atoms with van der Waals surface area (Å²) < 4.78 is 0. The van der Waals surface area contributed by atoms with Crippen LogP contribution in [0.3, 0.4) is 0 Å². The molecular weight excluding hydrogens is 252 g/mol. The van der Waals surface area contributed by atoms with Crippen molar-refractivity contribution in [2.45, 2.75) is 31.7 Å². The number of rotatable bonds is 3. The fraction of sp³-hybridized carbons (Fsp3) is 0.562. The van der Waals surface area contributed by atoms with Crippen LogP contribution in [0.5, 0.6) is 0 Å². The van der Waals surface area contributed by atoms with Crippen LogP contribution in [0.1, 0.15) is 36.0 Å². The van der Waals surface area contributed by atoms with Crippen LogP contribution in [-0.4, -0.2) is 48.2 Å². The van der Waals surface area contributed by atoms with Crippen LogP contribution >= 0.6 is 0 Å². The van der Waals surface area contributed by atoms with Crippen LogP contribution in [0.4, 0.5) is 0 Å². The van der Waals surface area contributed by atoms with E-state index in [0.717, 1.165) is 25.9 Å². The molecule has 2 fully saturated rings. The van der Waals surface area contributed by atoms with Gasteiger partial charge in [-0.1, -0.05) is 18.2 Å². The van der Waals surface area contributed by atoms with E-state index < -0.39 is 0 Å². The highest BCUT2D eigenvalue weighted by Crippen LogP contribution is 2.21. The third kappa shape index (κ3) is 3.19. The zero-order valence-electron chi connectivity index (χ0n) is 11.8. The molecule has 2 saturated heterocycles. The number of benzene rings is 1. The predicted octanol–water partition coefficient (Wildman–Crippen LogP) is 2.32. The van der Waals surface area contributed by atoms with Gasteiger partial charge in [0.25, 0.3) is 0 Å². The van der Waals surface area contributed by atoms with Crippen molar-refractivity contribution in [3.8, 4) is 0 Å². The molecule has 0 spiro atoms. The summed E-state index contributed by atoms with van der Waals surface area (Å²) in [6, 6.07) is 9.88. The van der Waals surface area contributed by atoms with E-state index in [9.17, 15) is 4.79 Å². The molecule has 2 heterocycles. The molecule has 0 bridgehead atoms. The molecule has 20 heavy (non-hydrogen) atoms. The maximum atomic E-state index is 12.0. The molecule has 0 saturated carbocycles. The van der Waals surface area contributed by atoms with E-state index >= 15 is 0 Å². The molecule has 1 aromatic rings. The molecule has 0 N–H and O–H groups in total. The Bertz CT molecular complexity index is 435. The molecule has 2 aliphatic heterocycles. The van der Waals surface area contributed by atoms with Crippen molar-refractivity contribution >= 4 is 5.97 Å². The lowest BCUT2D eigenvalue weighted by Crippen LogP contribution is -2.44. The maximum Gasteiger partial charge on any atom is 0.357 e. The second kappa shape index (κ2) is 6.37. The Labute approximate surface area is 120 Å². The van der Waals surface area contributed by atoms with E-state index in [2.05, 4.69) is 4.90 Å². The van der Waals surface area contributed by atoms with Crippen molar-refractivity contribution < 1.29 is 9.63 Å². The number of nitrogens with zero attached hydrogens (tertiary/aromatic N) is 2. The van der Waals surface area contributed by atoms with E-state index in [-0.39, 0.29) is 5.97 Å². The van der Waals surface area contributed by atoms with E-state index in [0.29, 0.717) is 11.6 Å². The van der Waals surface area contributed by atoms with E-state index in [4.69, 9.17) is 4.84 Å². The highest BCUT2D eigenvalue weighted by molar-refractivity contribution is 5.89. The van der Waals surface area contributed by atoms with Gasteiger partial charge in [0, 0.05) is 19.1 Å². The van der Waals surface area contributed by atoms with Gasteiger partial charge >= 0.3 is 5.97 Å². The van der Waals surface area contributed by atoms with Crippen LogP contribution < -0.4 is 0 Å². The topological polar surface area (TPSA) is 32.8 Å². The third-order valence-electron chi connectivity index (χ3n) is 4.30. The number of hydroxylamine groups is 2. The molecule has 0 aromatic heterocycles. The average Bonchev–Trinajstić information content (AvgIpc) is 3.03. The second-order valence-corrected chi connectivity index (χ2v) is 5.65. The van der Waals surface area contributed by atoms with Crippen molar-refractivity contribution in [3.05, 3.63) is 35.9 Å². The highest BCUT2D eigenvalue weighted by Gasteiger charge is 2.27. The monoisotopic (exact) mass is 274 g/mol. The van der Waals surface area contributed by atoms with Crippen LogP contribution in [-0.2, 0) is 4.84 Å². The van der Waals surface area contributed by atoms with Gasteiger partial charge in [-0.2, -0.15) is 0 Å². The summed E-state index contributed by atoms with van der Waals surface area (Å²) in [4.78, 5) is 20.0. The molecule has 0 aliphatic carbocycles. The summed E-state index contributed by atoms with van der Waals surface area (Å²) in [6.45, 7) is 4.18. The lowest BCUT2D eigenvalue weighted by molar-refractivity contribution is -0.127. The summed E-state index contributed by atoms with van der Waals surface area (Å²) in [7, 11) is 0. The van der Waals surface area contributed by atoms with Gasteiger partial charge in [-0.15, -0.1) is 5.06 Å². The van der Waals surface area contributed by atoms with Crippen LogP contribution in [0.15, 0.2) is 30.3 Å². The van der Waals surface area contributed by atoms with Crippen molar-refractivity contribution in [3.63, 3.8) is 0 Å². The van der Waals surface area contributed by atoms with E-state index in [1.54, 1.807) is 12.1 Å². The van der Waals surface area contributed by atoms with Crippen LogP contribution in [0.2, 0.25) is 0 Å². The lowest BCUT2D eigenvalue weighted by Gasteiger charge is -2.35. The van der Waals surface area contributed by atoms with Gasteiger partial charge < -0.3 is 9.74 Å². The van der Waals surface area contributed by atoms with Gasteiger partial charge in [0.15, 0.2) is 0 Å². The van der Waals surface area contributed by atoms with Gasteiger partial charge in [0.1, 0.15) is 0 Å². The van der Waals surface area contributed by atoms with E-state index in [1.165, 1.54) is 25.9 Å². The first-order valence-electron chi connectivity index (χ1n) is 7.59. The first-order valence-corrected chi connectivity index (χ1v) is 7.59. The molecular formula is C16H22N2O2. The van der Waals surface area contributed by atoms with Crippen molar-refractivity contribution in [2.75, 3.05) is 26.2 Å². The van der Waals surface area contributed by atoms with Gasteiger partial charge in [-0.05, 0) is 50.9 Å². The number of piperidine rings is 1. The van der Waals surface area contributed by atoms with Crippen molar-refractivity contribution in [2.24, 2.45) is 0 Å². The molecule has 2 aliphatic rings. The molecule has 0 atom stereocenters. The quantitative estimate of drug-likeness (QED) is 0.847. The Morgan fingerprint density at radius 1 is 1.00 bits per heavy atom. The van der Waals surface area contributed by atoms with Gasteiger partial charge in [0.05, 0.1) is 5.56 Å². The zero-order chi connectivity index (χ0) is 13.8. The largest absolute Gasteiger partial charge is 0.364 e. The molecule has 1 aromatic carbocycles. The smallest absolute Gasteiger partial charge is 0.357 e. The summed E-state index contributed by atoms with van der Waals surface area (Å²) in [5.74, 6) is -0.245. The fourth-order valence-electron chi connectivity index (χ4n) is 3.15. The van der Waals surface area contributed by atoms with Gasteiger partial charge in [-0.25, -0.2) is 4.79 Å². The standard InChI is InChI=1S/C16H22N2O2/c19-16(14-6-2-1-3-7-14)20-18-12-8-15(9-13-18)17-10-4-5-11-17/h1-3,6-7,15H,4-5,8-13H2. The summed E-state index contributed by atoms with van der Waals surface area (Å²) in [5, 5.41) is 1.82. The number of carbonyl (C=O) groups excluding carboxylic acids is 1. The average molecular weight is 274 g/mol. The van der Waals surface area contributed by atoms with Crippen molar-refractivity contribution in [1.82, 2.24) is 9.96 Å². The molecule has 0 amide bonds. The Morgan fingerprint density at radius 3 is 2.30 bits per heavy atom. The first-order chi connectivity index (χ1) is 9.83. The molecule has 0 unspecified atom stereocenters. The summed E-state index contributed by atoms with van der Waals surface area (Å²) in [6.07, 6.45) is 4.87. The molecule has 108 valence electrons. The highest BCUT2D eigenvalue weighted by atomic mass is 16.7. The summed E-state index contributed by atoms with van der Waals surface area (Å²) >= 11 is 0. The molecule has 4 nitrogen and oxygen atoms in total. The fourth-order valence-corrected chi connectivity index (χ4v) is 3.15. The van der Waals surface area contributed by atoms with Gasteiger partial charge in [0.2, 0.25) is 0 Å². The number of hydrogen-bond acceptors (Lipinski definition) is 4. The molecule has 0 radical (unpaired) electrons. The second-order valence-electron chi connectivity index (χ2n) is 5.65. The predicted molar refractivity (Wildman–Crippen MR) is 77.3 cm³/mol. The number of hydrogen-bond donors (Lipinski definition) is 0. The molecule has 3 rings (SSSR count). The Morgan fingerprint density at radius 2 is 1.65 bits per heavy atom. The Balaban J connectivity index is 1.47. The number of likely N-dealkylation sites (tertiary alicyclic amines) is 1. The SMILES string of the molecule is O=C(ON1CCC(N2CCCC2)CC1)c1ccccc1. The summed E-state index contributed by atoms with van der Waals surface area (Å²) in [5.41, 5.74) is 0.620. The lowest BCUT2D eigenvalue weighted by atomic mass is 10.1. The van der Waals surface area contributed by atoms with Gasteiger partial charge in [-0.3, -0.25) is 0 Å². The Kier molecular flexibility index (Phi) is 4.33. The number of carbonyl (C=O) groups is 1. The van der Waals surface area contributed by atoms with E-state index in [1.807, 2.05) is 23.3 Å². The maximum absolute atomic E-state index is 12.0. The Hall–Kier alpha value is -1.39. The minimum absolute atomic E-state index is 0.245. The third-order valence-corrected chi connectivity index (χ3v) is 4.30. The van der Waals surface area contributed by atoms with Crippen LogP contribution in [0, 0.1) is 0 Å². The van der Waals surface area contributed by atoms with Crippen molar-refractivity contribution in [1.29, 1.82) is 0 Å².